The smallest absolute Gasteiger partial charge is 0.277 e. The molecule has 9 nitrogen and oxygen atoms in total. The van der Waals surface area contributed by atoms with Crippen LogP contribution in [0, 0.1) is 0 Å². The SMILES string of the molecule is COc1ccccc1C(=O)NC[C@]1(c2ccccc2OC)CC[C@H](NS(=O)(=O)NCc2ccccn2)CC1. The van der Waals surface area contributed by atoms with E-state index in [-0.39, 0.29) is 18.5 Å². The Morgan fingerprint density at radius 3 is 2.29 bits per heavy atom. The minimum Gasteiger partial charge on any atom is -0.496 e. The number of benzene rings is 2. The lowest BCUT2D eigenvalue weighted by atomic mass is 9.68. The number of ether oxygens (including phenoxy) is 2. The fourth-order valence-corrected chi connectivity index (χ4v) is 6.12. The number of hydrogen-bond donors (Lipinski definition) is 3. The van der Waals surface area contributed by atoms with Crippen LogP contribution in [0.1, 0.15) is 47.3 Å². The molecule has 38 heavy (non-hydrogen) atoms. The van der Waals surface area contributed by atoms with Crippen LogP contribution < -0.4 is 24.2 Å². The number of pyridine rings is 1. The molecule has 10 heteroatoms. The van der Waals surface area contributed by atoms with Gasteiger partial charge >= 0.3 is 0 Å². The van der Waals surface area contributed by atoms with Crippen LogP contribution in [-0.4, -0.2) is 46.1 Å². The first-order chi connectivity index (χ1) is 18.4. The molecular formula is C28H34N4O5S. The summed E-state index contributed by atoms with van der Waals surface area (Å²) in [4.78, 5) is 17.3. The van der Waals surface area contributed by atoms with Crippen LogP contribution in [-0.2, 0) is 22.2 Å². The predicted octanol–water partition coefficient (Wildman–Crippen LogP) is 3.33. The van der Waals surface area contributed by atoms with Gasteiger partial charge in [0, 0.05) is 29.8 Å². The average molecular weight is 539 g/mol. The number of aromatic nitrogens is 1. The molecule has 1 heterocycles. The minimum atomic E-state index is -3.71. The highest BCUT2D eigenvalue weighted by Crippen LogP contribution is 2.43. The number of methoxy groups -OCH3 is 2. The number of amides is 1. The normalized spacial score (nSPS) is 19.5. The summed E-state index contributed by atoms with van der Waals surface area (Å²) < 4.78 is 41.8. The van der Waals surface area contributed by atoms with E-state index in [4.69, 9.17) is 9.47 Å². The molecule has 0 aliphatic heterocycles. The number of nitrogens with one attached hydrogen (secondary N) is 3. The highest BCUT2D eigenvalue weighted by Gasteiger charge is 2.40. The lowest BCUT2D eigenvalue weighted by Crippen LogP contribution is -2.49. The molecule has 2 aromatic carbocycles. The Morgan fingerprint density at radius 1 is 0.947 bits per heavy atom. The highest BCUT2D eigenvalue weighted by atomic mass is 32.2. The molecule has 0 spiro atoms. The van der Waals surface area contributed by atoms with Crippen LogP contribution in [0.15, 0.2) is 72.9 Å². The van der Waals surface area contributed by atoms with Crippen molar-refractivity contribution < 1.29 is 22.7 Å². The van der Waals surface area contributed by atoms with E-state index in [1.165, 1.54) is 7.11 Å². The van der Waals surface area contributed by atoms with Crippen molar-refractivity contribution in [3.8, 4) is 11.5 Å². The lowest BCUT2D eigenvalue weighted by molar-refractivity contribution is 0.0931. The van der Waals surface area contributed by atoms with Crippen LogP contribution in [0.5, 0.6) is 11.5 Å². The van der Waals surface area contributed by atoms with Gasteiger partial charge in [-0.05, 0) is 56.0 Å². The molecule has 4 rings (SSSR count). The van der Waals surface area contributed by atoms with Crippen LogP contribution in [0.3, 0.4) is 0 Å². The second kappa shape index (κ2) is 12.4. The second-order valence-electron chi connectivity index (χ2n) is 9.40. The van der Waals surface area contributed by atoms with Crippen molar-refractivity contribution in [2.24, 2.45) is 0 Å². The molecule has 1 aromatic heterocycles. The Hall–Kier alpha value is -3.47. The minimum absolute atomic E-state index is 0.114. The van der Waals surface area contributed by atoms with Gasteiger partial charge in [-0.25, -0.2) is 0 Å². The Balaban J connectivity index is 1.47. The van der Waals surface area contributed by atoms with Gasteiger partial charge in [-0.3, -0.25) is 9.78 Å². The summed E-state index contributed by atoms with van der Waals surface area (Å²) in [6, 6.07) is 20.0. The van der Waals surface area contributed by atoms with Crippen LogP contribution in [0.2, 0.25) is 0 Å². The monoisotopic (exact) mass is 538 g/mol. The molecule has 1 saturated carbocycles. The topological polar surface area (TPSA) is 119 Å². The van der Waals surface area contributed by atoms with Gasteiger partial charge < -0.3 is 14.8 Å². The van der Waals surface area contributed by atoms with E-state index < -0.39 is 15.6 Å². The number of rotatable bonds is 11. The van der Waals surface area contributed by atoms with Crippen LogP contribution >= 0.6 is 0 Å². The molecule has 0 atom stereocenters. The number of hydrogen-bond acceptors (Lipinski definition) is 6. The first kappa shape index (κ1) is 27.6. The molecule has 3 N–H and O–H groups in total. The Morgan fingerprint density at radius 2 is 1.61 bits per heavy atom. The van der Waals surface area contributed by atoms with Crippen molar-refractivity contribution >= 4 is 16.1 Å². The third-order valence-corrected chi connectivity index (χ3v) is 8.22. The maximum atomic E-state index is 13.1. The van der Waals surface area contributed by atoms with Gasteiger partial charge in [-0.15, -0.1) is 0 Å². The van der Waals surface area contributed by atoms with Crippen molar-refractivity contribution in [1.82, 2.24) is 19.7 Å². The third kappa shape index (κ3) is 6.69. The molecular weight excluding hydrogens is 504 g/mol. The van der Waals surface area contributed by atoms with Gasteiger partial charge in [0.15, 0.2) is 0 Å². The van der Waals surface area contributed by atoms with Gasteiger partial charge in [-0.2, -0.15) is 17.9 Å². The summed E-state index contributed by atoms with van der Waals surface area (Å²) in [7, 11) is -0.542. The average Bonchev–Trinajstić information content (AvgIpc) is 2.96. The van der Waals surface area contributed by atoms with Crippen molar-refractivity contribution in [2.45, 2.75) is 43.7 Å². The van der Waals surface area contributed by atoms with E-state index in [1.54, 1.807) is 43.6 Å². The van der Waals surface area contributed by atoms with Gasteiger partial charge in [-0.1, -0.05) is 36.4 Å². The predicted molar refractivity (Wildman–Crippen MR) is 145 cm³/mol. The zero-order valence-corrected chi connectivity index (χ0v) is 22.5. The molecule has 0 bridgehead atoms. The van der Waals surface area contributed by atoms with Crippen molar-refractivity contribution in [3.05, 3.63) is 89.7 Å². The maximum absolute atomic E-state index is 13.1. The van der Waals surface area contributed by atoms with E-state index in [2.05, 4.69) is 19.7 Å². The molecule has 1 aliphatic rings. The van der Waals surface area contributed by atoms with E-state index in [9.17, 15) is 13.2 Å². The van der Waals surface area contributed by atoms with Crippen molar-refractivity contribution in [2.75, 3.05) is 20.8 Å². The number of carbonyl (C=O) groups excluding carboxylic acids is 1. The van der Waals surface area contributed by atoms with Gasteiger partial charge in [0.25, 0.3) is 16.1 Å². The summed E-state index contributed by atoms with van der Waals surface area (Å²) in [5, 5.41) is 3.10. The fourth-order valence-electron chi connectivity index (χ4n) is 5.02. The molecule has 1 amide bonds. The maximum Gasteiger partial charge on any atom is 0.277 e. The summed E-state index contributed by atoms with van der Waals surface area (Å²) in [5.41, 5.74) is 1.68. The fraction of sp³-hybridized carbons (Fsp3) is 0.357. The first-order valence-electron chi connectivity index (χ1n) is 12.6. The Kier molecular flexibility index (Phi) is 8.98. The quantitative estimate of drug-likeness (QED) is 0.345. The van der Waals surface area contributed by atoms with Crippen molar-refractivity contribution in [1.29, 1.82) is 0 Å². The zero-order valence-electron chi connectivity index (χ0n) is 21.6. The number of nitrogens with zero attached hydrogens (tertiary/aromatic N) is 1. The third-order valence-electron chi connectivity index (χ3n) is 7.05. The largest absolute Gasteiger partial charge is 0.496 e. The van der Waals surface area contributed by atoms with Gasteiger partial charge in [0.2, 0.25) is 0 Å². The van der Waals surface area contributed by atoms with E-state index in [1.807, 2.05) is 36.4 Å². The van der Waals surface area contributed by atoms with E-state index in [0.717, 1.165) is 11.3 Å². The zero-order chi connectivity index (χ0) is 27.0. The van der Waals surface area contributed by atoms with Crippen molar-refractivity contribution in [3.63, 3.8) is 0 Å². The molecule has 3 aromatic rings. The molecule has 0 unspecified atom stereocenters. The van der Waals surface area contributed by atoms with E-state index >= 15 is 0 Å². The Bertz CT molecular complexity index is 1330. The molecule has 202 valence electrons. The number of para-hydroxylation sites is 2. The summed E-state index contributed by atoms with van der Waals surface area (Å²) >= 11 is 0. The van der Waals surface area contributed by atoms with Crippen LogP contribution in [0.4, 0.5) is 0 Å². The number of carbonyl (C=O) groups is 1. The summed E-state index contributed by atoms with van der Waals surface area (Å²) in [6.45, 7) is 0.491. The molecule has 1 aliphatic carbocycles. The molecule has 0 saturated heterocycles. The summed E-state index contributed by atoms with van der Waals surface area (Å²) in [6.07, 6.45) is 4.16. The first-order valence-corrected chi connectivity index (χ1v) is 14.1. The van der Waals surface area contributed by atoms with Crippen LogP contribution in [0.25, 0.3) is 0 Å². The Labute approximate surface area is 224 Å². The van der Waals surface area contributed by atoms with E-state index in [0.29, 0.717) is 49.2 Å². The second-order valence-corrected chi connectivity index (χ2v) is 10.9. The highest BCUT2D eigenvalue weighted by molar-refractivity contribution is 7.87. The standard InChI is InChI=1S/C28H34N4O5S/c1-36-25-12-5-3-10-23(25)27(33)30-20-28(24-11-4-6-13-26(24)37-2)16-14-21(15-17-28)32-38(34,35)31-19-22-9-7-8-18-29-22/h3-13,18,21,31-32H,14-17,19-20H2,1-2H3,(H,30,33)/t21-,28-. The molecule has 1 fully saturated rings. The lowest BCUT2D eigenvalue weighted by Gasteiger charge is -2.41. The molecule has 0 radical (unpaired) electrons. The van der Waals surface area contributed by atoms with Gasteiger partial charge in [0.1, 0.15) is 11.5 Å². The van der Waals surface area contributed by atoms with Gasteiger partial charge in [0.05, 0.1) is 32.0 Å². The summed E-state index contributed by atoms with van der Waals surface area (Å²) in [5.74, 6) is 1.03.